The second-order valence-corrected chi connectivity index (χ2v) is 5.90. The minimum atomic E-state index is -3.18. The Labute approximate surface area is 98.4 Å². The van der Waals surface area contributed by atoms with Gasteiger partial charge in [-0.15, -0.1) is 0 Å². The van der Waals surface area contributed by atoms with E-state index in [0.717, 1.165) is 5.56 Å². The molecule has 1 unspecified atom stereocenters. The van der Waals surface area contributed by atoms with Crippen molar-refractivity contribution in [2.24, 2.45) is 0 Å². The lowest BCUT2D eigenvalue weighted by Gasteiger charge is -2.10. The monoisotopic (exact) mass is 250 g/mol. The van der Waals surface area contributed by atoms with Crippen molar-refractivity contribution in [1.29, 1.82) is 0 Å². The number of benzene rings is 1. The molecule has 1 aliphatic heterocycles. The number of aromatic nitrogens is 1. The maximum absolute atomic E-state index is 11.9. The van der Waals surface area contributed by atoms with Gasteiger partial charge >= 0.3 is 0 Å². The number of nitrogens with one attached hydrogen (secondary N) is 1. The van der Waals surface area contributed by atoms with E-state index in [1.165, 1.54) is 6.26 Å². The molecular formula is C11H10N2O3S. The molecule has 1 N–H and O–H groups in total. The molecule has 88 valence electrons. The first kappa shape index (κ1) is 10.3. The van der Waals surface area contributed by atoms with Crippen LogP contribution in [0.2, 0.25) is 0 Å². The maximum Gasteiger partial charge on any atom is 0.181 e. The Hall–Kier alpha value is -1.82. The summed E-state index contributed by atoms with van der Waals surface area (Å²) < 4.78 is 28.5. The third-order valence-electron chi connectivity index (χ3n) is 2.78. The zero-order chi connectivity index (χ0) is 11.9. The summed E-state index contributed by atoms with van der Waals surface area (Å²) in [6.07, 6.45) is 1.44. The third-order valence-corrected chi connectivity index (χ3v) is 4.59. The summed E-state index contributed by atoms with van der Waals surface area (Å²) in [5.41, 5.74) is 0.788. The van der Waals surface area contributed by atoms with E-state index in [4.69, 9.17) is 4.52 Å². The SMILES string of the molecule is O=S1(=O)CC(Nc2ccon2)c2ccccc21. The van der Waals surface area contributed by atoms with Crippen LogP contribution in [0.15, 0.2) is 46.0 Å². The molecule has 0 spiro atoms. The molecule has 0 fully saturated rings. The lowest BCUT2D eigenvalue weighted by Crippen LogP contribution is -2.12. The van der Waals surface area contributed by atoms with Crippen LogP contribution >= 0.6 is 0 Å². The van der Waals surface area contributed by atoms with Crippen molar-refractivity contribution in [1.82, 2.24) is 5.16 Å². The van der Waals surface area contributed by atoms with Gasteiger partial charge in [0.2, 0.25) is 0 Å². The van der Waals surface area contributed by atoms with Gasteiger partial charge in [0.15, 0.2) is 15.7 Å². The molecule has 1 aliphatic rings. The molecule has 0 bridgehead atoms. The Kier molecular flexibility index (Phi) is 2.19. The van der Waals surface area contributed by atoms with Crippen LogP contribution in [0.25, 0.3) is 0 Å². The highest BCUT2D eigenvalue weighted by atomic mass is 32.2. The largest absolute Gasteiger partial charge is 0.363 e. The average Bonchev–Trinajstić information content (AvgIpc) is 2.88. The lowest BCUT2D eigenvalue weighted by molar-refractivity contribution is 0.421. The predicted octanol–water partition coefficient (Wildman–Crippen LogP) is 1.62. The van der Waals surface area contributed by atoms with E-state index in [1.54, 1.807) is 18.2 Å². The molecule has 1 aromatic carbocycles. The standard InChI is InChI=1S/C11H10N2O3S/c14-17(15)7-9(12-11-5-6-16-13-11)8-3-1-2-4-10(8)17/h1-6,9H,7H2,(H,12,13). The van der Waals surface area contributed by atoms with E-state index in [9.17, 15) is 8.42 Å². The van der Waals surface area contributed by atoms with Crippen molar-refractivity contribution in [3.8, 4) is 0 Å². The highest BCUT2D eigenvalue weighted by molar-refractivity contribution is 7.91. The smallest absolute Gasteiger partial charge is 0.181 e. The summed E-state index contributed by atoms with van der Waals surface area (Å²) in [5.74, 6) is 0.598. The molecule has 0 saturated heterocycles. The summed E-state index contributed by atoms with van der Waals surface area (Å²) >= 11 is 0. The van der Waals surface area contributed by atoms with Gasteiger partial charge in [0.25, 0.3) is 0 Å². The van der Waals surface area contributed by atoms with Crippen LogP contribution in [0.4, 0.5) is 5.82 Å². The molecule has 17 heavy (non-hydrogen) atoms. The first-order valence-electron chi connectivity index (χ1n) is 5.15. The van der Waals surface area contributed by atoms with Crippen molar-refractivity contribution in [3.63, 3.8) is 0 Å². The van der Waals surface area contributed by atoms with Gasteiger partial charge in [-0.25, -0.2) is 8.42 Å². The van der Waals surface area contributed by atoms with Crippen molar-refractivity contribution in [3.05, 3.63) is 42.2 Å². The van der Waals surface area contributed by atoms with Crippen LogP contribution in [0.3, 0.4) is 0 Å². The molecule has 0 radical (unpaired) electrons. The first-order valence-corrected chi connectivity index (χ1v) is 6.81. The zero-order valence-electron chi connectivity index (χ0n) is 8.83. The van der Waals surface area contributed by atoms with Crippen molar-refractivity contribution in [2.45, 2.75) is 10.9 Å². The molecule has 5 nitrogen and oxygen atoms in total. The van der Waals surface area contributed by atoms with Crippen LogP contribution in [0, 0.1) is 0 Å². The van der Waals surface area contributed by atoms with E-state index >= 15 is 0 Å². The van der Waals surface area contributed by atoms with Gasteiger partial charge in [-0.1, -0.05) is 23.4 Å². The minimum absolute atomic E-state index is 0.0548. The van der Waals surface area contributed by atoms with Crippen LogP contribution < -0.4 is 5.32 Å². The summed E-state index contributed by atoms with van der Waals surface area (Å²) in [6.45, 7) is 0. The molecule has 0 saturated carbocycles. The fourth-order valence-electron chi connectivity index (χ4n) is 2.04. The Morgan fingerprint density at radius 2 is 2.12 bits per heavy atom. The normalized spacial score (nSPS) is 21.1. The van der Waals surface area contributed by atoms with E-state index in [0.29, 0.717) is 10.7 Å². The molecule has 0 aliphatic carbocycles. The van der Waals surface area contributed by atoms with Crippen LogP contribution in [0.1, 0.15) is 11.6 Å². The molecule has 1 aromatic heterocycles. The molecular weight excluding hydrogens is 240 g/mol. The summed E-state index contributed by atoms with van der Waals surface area (Å²) in [5, 5.41) is 6.77. The summed E-state index contributed by atoms with van der Waals surface area (Å²) in [6, 6.07) is 8.41. The topological polar surface area (TPSA) is 72.2 Å². The van der Waals surface area contributed by atoms with Gasteiger partial charge in [0.1, 0.15) is 6.26 Å². The van der Waals surface area contributed by atoms with Gasteiger partial charge < -0.3 is 9.84 Å². The number of hydrogen-bond acceptors (Lipinski definition) is 5. The second kappa shape index (κ2) is 3.59. The average molecular weight is 250 g/mol. The molecule has 3 rings (SSSR count). The van der Waals surface area contributed by atoms with Gasteiger partial charge in [-0.05, 0) is 11.6 Å². The molecule has 6 heteroatoms. The van der Waals surface area contributed by atoms with Crippen molar-refractivity contribution >= 4 is 15.7 Å². The third kappa shape index (κ3) is 1.70. The lowest BCUT2D eigenvalue weighted by atomic mass is 10.1. The van der Waals surface area contributed by atoms with Gasteiger partial charge in [0.05, 0.1) is 16.7 Å². The van der Waals surface area contributed by atoms with Gasteiger partial charge in [-0.3, -0.25) is 0 Å². The van der Waals surface area contributed by atoms with Crippen LogP contribution in [0.5, 0.6) is 0 Å². The highest BCUT2D eigenvalue weighted by Gasteiger charge is 2.34. The van der Waals surface area contributed by atoms with E-state index < -0.39 is 9.84 Å². The number of nitrogens with zero attached hydrogens (tertiary/aromatic N) is 1. The molecule has 1 atom stereocenters. The van der Waals surface area contributed by atoms with Gasteiger partial charge in [0, 0.05) is 6.07 Å². The Balaban J connectivity index is 2.00. The van der Waals surface area contributed by atoms with Crippen molar-refractivity contribution in [2.75, 3.05) is 11.1 Å². The Bertz CT molecular complexity index is 634. The van der Waals surface area contributed by atoms with Crippen LogP contribution in [-0.2, 0) is 9.84 Å². The minimum Gasteiger partial charge on any atom is -0.363 e. The molecule has 0 amide bonds. The number of sulfone groups is 1. The summed E-state index contributed by atoms with van der Waals surface area (Å²) in [4.78, 5) is 0.404. The Morgan fingerprint density at radius 1 is 1.29 bits per heavy atom. The fraction of sp³-hybridized carbons (Fsp3) is 0.182. The van der Waals surface area contributed by atoms with E-state index in [2.05, 4.69) is 10.5 Å². The zero-order valence-corrected chi connectivity index (χ0v) is 9.65. The predicted molar refractivity (Wildman–Crippen MR) is 61.4 cm³/mol. The van der Waals surface area contributed by atoms with Crippen LogP contribution in [-0.4, -0.2) is 19.3 Å². The van der Waals surface area contributed by atoms with E-state index in [-0.39, 0.29) is 11.8 Å². The summed E-state index contributed by atoms with van der Waals surface area (Å²) in [7, 11) is -3.18. The number of rotatable bonds is 2. The van der Waals surface area contributed by atoms with Crippen molar-refractivity contribution < 1.29 is 12.9 Å². The highest BCUT2D eigenvalue weighted by Crippen LogP contribution is 2.34. The maximum atomic E-state index is 11.9. The number of hydrogen-bond donors (Lipinski definition) is 1. The fourth-order valence-corrected chi connectivity index (χ4v) is 3.77. The second-order valence-electron chi connectivity index (χ2n) is 3.90. The Morgan fingerprint density at radius 3 is 2.88 bits per heavy atom. The van der Waals surface area contributed by atoms with E-state index in [1.807, 2.05) is 12.1 Å². The number of fused-ring (bicyclic) bond motifs is 1. The first-order chi connectivity index (χ1) is 8.17. The number of anilines is 1. The molecule has 2 heterocycles. The quantitative estimate of drug-likeness (QED) is 0.876. The molecule has 2 aromatic rings. The van der Waals surface area contributed by atoms with Gasteiger partial charge in [-0.2, -0.15) is 0 Å².